The van der Waals surface area contributed by atoms with Gasteiger partial charge in [-0.2, -0.15) is 0 Å². The zero-order chi connectivity index (χ0) is 15.4. The summed E-state index contributed by atoms with van der Waals surface area (Å²) in [6.07, 6.45) is 1.34. The predicted molar refractivity (Wildman–Crippen MR) is 94.9 cm³/mol. The van der Waals surface area contributed by atoms with E-state index in [9.17, 15) is 4.79 Å². The van der Waals surface area contributed by atoms with Crippen molar-refractivity contribution in [1.82, 2.24) is 9.97 Å². The smallest absolute Gasteiger partial charge is 0.266 e. The van der Waals surface area contributed by atoms with Gasteiger partial charge in [-0.05, 0) is 45.1 Å². The van der Waals surface area contributed by atoms with Crippen molar-refractivity contribution >= 4 is 43.4 Å². The molecular weight excluding hydrogens is 284 g/mol. The first-order valence-corrected chi connectivity index (χ1v) is 7.53. The van der Waals surface area contributed by atoms with Crippen LogP contribution in [0.4, 0.5) is 0 Å². The van der Waals surface area contributed by atoms with Gasteiger partial charge in [-0.15, -0.1) is 0 Å². The lowest BCUT2D eigenvalue weighted by atomic mass is 9.97. The monoisotopic (exact) mass is 296 g/mol. The van der Waals surface area contributed by atoms with Gasteiger partial charge in [0.1, 0.15) is 0 Å². The summed E-state index contributed by atoms with van der Waals surface area (Å²) >= 11 is 0. The molecule has 0 aliphatic carbocycles. The number of hydrogen-bond donors (Lipinski definition) is 1. The third-order valence-corrected chi connectivity index (χ3v) is 4.42. The normalized spacial score (nSPS) is 11.7. The highest BCUT2D eigenvalue weighted by atomic mass is 16.1. The number of hydrogen-bond acceptors (Lipinski definition) is 2. The van der Waals surface area contributed by atoms with Crippen molar-refractivity contribution in [2.45, 2.75) is 0 Å². The van der Waals surface area contributed by atoms with E-state index in [2.05, 4.69) is 64.6 Å². The standard InChI is InChI=1S/C20H12N2O/c23-19-11-21-20-16-6-5-14-9-12-3-1-2-4-13(12)10-17(14)15(16)7-8-18(20)22-19/h1-11H,(H,22,23). The molecule has 23 heavy (non-hydrogen) atoms. The Hall–Kier alpha value is -3.20. The lowest BCUT2D eigenvalue weighted by molar-refractivity contribution is 1.22. The molecule has 5 rings (SSSR count). The van der Waals surface area contributed by atoms with Crippen LogP contribution >= 0.6 is 0 Å². The van der Waals surface area contributed by atoms with Gasteiger partial charge in [-0.1, -0.05) is 42.5 Å². The van der Waals surface area contributed by atoms with Crippen LogP contribution in [0.2, 0.25) is 0 Å². The van der Waals surface area contributed by atoms with E-state index in [0.29, 0.717) is 0 Å². The van der Waals surface area contributed by atoms with Gasteiger partial charge in [0, 0.05) is 5.39 Å². The molecule has 0 saturated heterocycles. The van der Waals surface area contributed by atoms with Gasteiger partial charge in [0.25, 0.3) is 5.56 Å². The Bertz CT molecular complexity index is 1290. The van der Waals surface area contributed by atoms with Crippen molar-refractivity contribution in [3.05, 3.63) is 77.2 Å². The van der Waals surface area contributed by atoms with Crippen LogP contribution in [0.15, 0.2) is 71.7 Å². The number of benzene rings is 4. The van der Waals surface area contributed by atoms with E-state index in [4.69, 9.17) is 0 Å². The molecule has 1 aromatic heterocycles. The van der Waals surface area contributed by atoms with Gasteiger partial charge in [0.05, 0.1) is 17.2 Å². The highest BCUT2D eigenvalue weighted by molar-refractivity contribution is 6.17. The third-order valence-electron chi connectivity index (χ3n) is 4.42. The maximum absolute atomic E-state index is 11.5. The molecule has 0 aliphatic rings. The van der Waals surface area contributed by atoms with Crippen LogP contribution in [0.1, 0.15) is 0 Å². The summed E-state index contributed by atoms with van der Waals surface area (Å²) in [6.45, 7) is 0. The molecule has 0 amide bonds. The van der Waals surface area contributed by atoms with E-state index < -0.39 is 0 Å². The second-order valence-electron chi connectivity index (χ2n) is 5.79. The quantitative estimate of drug-likeness (QED) is 0.340. The third kappa shape index (κ3) is 1.77. The molecule has 108 valence electrons. The molecule has 5 aromatic rings. The fourth-order valence-corrected chi connectivity index (χ4v) is 3.34. The molecule has 4 aromatic carbocycles. The van der Waals surface area contributed by atoms with Crippen molar-refractivity contribution in [3.63, 3.8) is 0 Å². The number of nitrogens with zero attached hydrogens (tertiary/aromatic N) is 1. The van der Waals surface area contributed by atoms with Gasteiger partial charge in [0.15, 0.2) is 0 Å². The number of fused-ring (bicyclic) bond motifs is 6. The van der Waals surface area contributed by atoms with E-state index in [1.807, 2.05) is 6.07 Å². The molecule has 0 radical (unpaired) electrons. The first-order valence-electron chi connectivity index (χ1n) is 7.53. The van der Waals surface area contributed by atoms with E-state index >= 15 is 0 Å². The lowest BCUT2D eigenvalue weighted by Crippen LogP contribution is -2.04. The van der Waals surface area contributed by atoms with Gasteiger partial charge in [0.2, 0.25) is 0 Å². The van der Waals surface area contributed by atoms with Crippen LogP contribution in [0.25, 0.3) is 43.4 Å². The molecule has 3 nitrogen and oxygen atoms in total. The van der Waals surface area contributed by atoms with Gasteiger partial charge in [-0.25, -0.2) is 4.98 Å². The summed E-state index contributed by atoms with van der Waals surface area (Å²) in [4.78, 5) is 18.6. The Morgan fingerprint density at radius 1 is 0.739 bits per heavy atom. The number of aromatic nitrogens is 2. The first-order chi connectivity index (χ1) is 11.3. The van der Waals surface area contributed by atoms with Crippen molar-refractivity contribution < 1.29 is 0 Å². The second kappa shape index (κ2) is 4.40. The van der Waals surface area contributed by atoms with Crippen LogP contribution in [-0.2, 0) is 0 Å². The topological polar surface area (TPSA) is 45.8 Å². The minimum Gasteiger partial charge on any atom is -0.319 e. The van der Waals surface area contributed by atoms with Crippen LogP contribution in [-0.4, -0.2) is 9.97 Å². The molecule has 0 atom stereocenters. The van der Waals surface area contributed by atoms with Gasteiger partial charge in [-0.3, -0.25) is 4.79 Å². The first kappa shape index (κ1) is 12.4. The van der Waals surface area contributed by atoms with Crippen molar-refractivity contribution in [2.24, 2.45) is 0 Å². The number of nitrogens with one attached hydrogen (secondary N) is 1. The molecule has 0 spiro atoms. The van der Waals surface area contributed by atoms with E-state index in [0.717, 1.165) is 21.8 Å². The molecule has 1 heterocycles. The molecule has 0 aliphatic heterocycles. The van der Waals surface area contributed by atoms with Crippen molar-refractivity contribution in [1.29, 1.82) is 0 Å². The summed E-state index contributed by atoms with van der Waals surface area (Å²) < 4.78 is 0. The summed E-state index contributed by atoms with van der Waals surface area (Å²) in [5.41, 5.74) is 1.42. The zero-order valence-electron chi connectivity index (χ0n) is 12.2. The molecule has 0 unspecified atom stereocenters. The zero-order valence-corrected chi connectivity index (χ0v) is 12.2. The number of rotatable bonds is 0. The molecular formula is C20H12N2O. The molecule has 3 heteroatoms. The lowest BCUT2D eigenvalue weighted by Gasteiger charge is -2.08. The second-order valence-corrected chi connectivity index (χ2v) is 5.79. The fourth-order valence-electron chi connectivity index (χ4n) is 3.34. The summed E-state index contributed by atoms with van der Waals surface area (Å²) in [5, 5.41) is 7.09. The molecule has 0 saturated carbocycles. The maximum Gasteiger partial charge on any atom is 0.266 e. The number of H-pyrrole nitrogens is 1. The van der Waals surface area contributed by atoms with Crippen LogP contribution < -0.4 is 5.56 Å². The molecule has 1 N–H and O–H groups in total. The Kier molecular flexibility index (Phi) is 2.36. The Balaban J connectivity index is 2.00. The average molecular weight is 296 g/mol. The average Bonchev–Trinajstić information content (AvgIpc) is 2.59. The highest BCUT2D eigenvalue weighted by Crippen LogP contribution is 2.31. The summed E-state index contributed by atoms with van der Waals surface area (Å²) in [5.74, 6) is 0. The van der Waals surface area contributed by atoms with Crippen LogP contribution in [0, 0.1) is 0 Å². The van der Waals surface area contributed by atoms with E-state index in [1.54, 1.807) is 0 Å². The van der Waals surface area contributed by atoms with E-state index in [-0.39, 0.29) is 5.56 Å². The largest absolute Gasteiger partial charge is 0.319 e. The van der Waals surface area contributed by atoms with Crippen LogP contribution in [0.3, 0.4) is 0 Å². The minimum atomic E-state index is -0.177. The Morgan fingerprint density at radius 2 is 1.52 bits per heavy atom. The number of aromatic amines is 1. The predicted octanol–water partition coefficient (Wildman–Crippen LogP) is 4.38. The van der Waals surface area contributed by atoms with E-state index in [1.165, 1.54) is 27.7 Å². The summed E-state index contributed by atoms with van der Waals surface area (Å²) in [7, 11) is 0. The fraction of sp³-hybridized carbons (Fsp3) is 0. The van der Waals surface area contributed by atoms with Crippen molar-refractivity contribution in [3.8, 4) is 0 Å². The maximum atomic E-state index is 11.5. The Morgan fingerprint density at radius 3 is 2.39 bits per heavy atom. The minimum absolute atomic E-state index is 0.177. The van der Waals surface area contributed by atoms with Gasteiger partial charge < -0.3 is 4.98 Å². The van der Waals surface area contributed by atoms with Crippen LogP contribution in [0.5, 0.6) is 0 Å². The van der Waals surface area contributed by atoms with Crippen molar-refractivity contribution in [2.75, 3.05) is 0 Å². The van der Waals surface area contributed by atoms with Gasteiger partial charge >= 0.3 is 0 Å². The molecule has 0 fully saturated rings. The summed E-state index contributed by atoms with van der Waals surface area (Å²) in [6, 6.07) is 21.0. The highest BCUT2D eigenvalue weighted by Gasteiger charge is 2.07. The molecule has 0 bridgehead atoms. The Labute approximate surface area is 131 Å². The SMILES string of the molecule is O=c1cnc2c(ccc3c4cc5ccccc5cc4ccc32)[nH]1.